The lowest BCUT2D eigenvalue weighted by atomic mass is 9.81. The zero-order chi connectivity index (χ0) is 14.3. The van der Waals surface area contributed by atoms with E-state index < -0.39 is 0 Å². The fraction of sp³-hybridized carbons (Fsp3) is 0.562. The smallest absolute Gasteiger partial charge is 0.254 e. The minimum Gasteiger partial charge on any atom is -0.395 e. The fourth-order valence-corrected chi connectivity index (χ4v) is 3.66. The second-order valence-corrected chi connectivity index (χ2v) is 5.78. The van der Waals surface area contributed by atoms with E-state index in [2.05, 4.69) is 24.4 Å². The van der Waals surface area contributed by atoms with Crippen LogP contribution in [0.4, 0.5) is 0 Å². The van der Waals surface area contributed by atoms with E-state index in [1.54, 1.807) is 0 Å². The Morgan fingerprint density at radius 1 is 1.38 bits per heavy atom. The molecule has 2 aliphatic rings. The lowest BCUT2D eigenvalue weighted by Gasteiger charge is -2.38. The van der Waals surface area contributed by atoms with Gasteiger partial charge in [0, 0.05) is 31.1 Å². The summed E-state index contributed by atoms with van der Waals surface area (Å²) in [6, 6.07) is 4.52. The van der Waals surface area contributed by atoms with Gasteiger partial charge in [-0.2, -0.15) is 0 Å². The Morgan fingerprint density at radius 2 is 2.14 bits per heavy atom. The molecule has 0 aliphatic carbocycles. The summed E-state index contributed by atoms with van der Waals surface area (Å²) in [5.74, 6) is 0.443. The third-order valence-corrected chi connectivity index (χ3v) is 4.63. The van der Waals surface area contributed by atoms with Crippen molar-refractivity contribution in [1.29, 1.82) is 0 Å². The first-order valence-electron chi connectivity index (χ1n) is 7.43. The van der Waals surface area contributed by atoms with Gasteiger partial charge in [0.2, 0.25) is 0 Å². The Kier molecular flexibility index (Phi) is 4.91. The van der Waals surface area contributed by atoms with Crippen LogP contribution < -0.4 is 5.32 Å². The quantitative estimate of drug-likeness (QED) is 0.889. The number of nitrogens with zero attached hydrogens (tertiary/aromatic N) is 1. The Morgan fingerprint density at radius 3 is 2.81 bits per heavy atom. The van der Waals surface area contributed by atoms with E-state index in [-0.39, 0.29) is 31.0 Å². The highest BCUT2D eigenvalue weighted by Crippen LogP contribution is 2.37. The number of fused-ring (bicyclic) bond motifs is 3. The standard InChI is InChI=1S/C16H22N2O2.ClH/c1-3-11-6-10(2)15-12(7-11)13-8-17-9-14(13)18(4-5-19)16(15)20;/h6-7,13-14,17,19H,3-5,8-9H2,1-2H3;1H/t13-,14+;/m0./s1. The summed E-state index contributed by atoms with van der Waals surface area (Å²) in [5, 5.41) is 12.6. The van der Waals surface area contributed by atoms with Crippen molar-refractivity contribution < 1.29 is 9.90 Å². The normalized spacial score (nSPS) is 23.6. The lowest BCUT2D eigenvalue weighted by Crippen LogP contribution is -2.49. The monoisotopic (exact) mass is 310 g/mol. The number of hydrogen-bond acceptors (Lipinski definition) is 3. The van der Waals surface area contributed by atoms with E-state index >= 15 is 0 Å². The summed E-state index contributed by atoms with van der Waals surface area (Å²) in [5.41, 5.74) is 4.43. The van der Waals surface area contributed by atoms with Crippen LogP contribution in [0.5, 0.6) is 0 Å². The number of β-amino-alcohol motifs (C(OH)–C–C–N with tert-alkyl or cyclic N) is 1. The van der Waals surface area contributed by atoms with Gasteiger partial charge in [-0.25, -0.2) is 0 Å². The number of hydrogen-bond donors (Lipinski definition) is 2. The van der Waals surface area contributed by atoms with Crippen LogP contribution in [0.2, 0.25) is 0 Å². The lowest BCUT2D eigenvalue weighted by molar-refractivity contribution is 0.0602. The van der Waals surface area contributed by atoms with Gasteiger partial charge in [0.25, 0.3) is 5.91 Å². The van der Waals surface area contributed by atoms with Gasteiger partial charge in [-0.1, -0.05) is 19.1 Å². The molecule has 5 heteroatoms. The zero-order valence-electron chi connectivity index (χ0n) is 12.6. The summed E-state index contributed by atoms with van der Waals surface area (Å²) in [7, 11) is 0. The highest BCUT2D eigenvalue weighted by atomic mass is 35.5. The van der Waals surface area contributed by atoms with Crippen molar-refractivity contribution in [2.75, 3.05) is 26.2 Å². The van der Waals surface area contributed by atoms with Gasteiger partial charge in [0.15, 0.2) is 0 Å². The average molecular weight is 311 g/mol. The number of carbonyl (C=O) groups is 1. The molecule has 2 N–H and O–H groups in total. The fourth-order valence-electron chi connectivity index (χ4n) is 3.66. The van der Waals surface area contributed by atoms with Crippen LogP contribution >= 0.6 is 12.4 Å². The third-order valence-electron chi connectivity index (χ3n) is 4.63. The minimum atomic E-state index is 0. The van der Waals surface area contributed by atoms with Crippen molar-refractivity contribution >= 4 is 18.3 Å². The first-order valence-corrected chi connectivity index (χ1v) is 7.43. The Labute approximate surface area is 131 Å². The number of aliphatic hydroxyl groups excluding tert-OH is 1. The topological polar surface area (TPSA) is 52.6 Å². The SMILES string of the molecule is CCc1cc(C)c2c(c1)[C@@H]1CNC[C@H]1N(CCO)C2=O.Cl. The van der Waals surface area contributed by atoms with Crippen molar-refractivity contribution in [2.45, 2.75) is 32.2 Å². The molecule has 0 unspecified atom stereocenters. The summed E-state index contributed by atoms with van der Waals surface area (Å²) < 4.78 is 0. The molecule has 0 radical (unpaired) electrons. The number of nitrogens with one attached hydrogen (secondary N) is 1. The van der Waals surface area contributed by atoms with Crippen LogP contribution in [0.25, 0.3) is 0 Å². The Bertz CT molecular complexity index is 547. The van der Waals surface area contributed by atoms with Gasteiger partial charge in [-0.15, -0.1) is 12.4 Å². The van der Waals surface area contributed by atoms with Gasteiger partial charge >= 0.3 is 0 Å². The second kappa shape index (κ2) is 6.34. The van der Waals surface area contributed by atoms with E-state index in [1.165, 1.54) is 11.1 Å². The third kappa shape index (κ3) is 2.56. The number of aliphatic hydroxyl groups is 1. The first-order chi connectivity index (χ1) is 9.67. The van der Waals surface area contributed by atoms with Gasteiger partial charge in [-0.3, -0.25) is 4.79 Å². The largest absolute Gasteiger partial charge is 0.395 e. The summed E-state index contributed by atoms with van der Waals surface area (Å²) >= 11 is 0. The first kappa shape index (κ1) is 16.3. The van der Waals surface area contributed by atoms with Gasteiger partial charge < -0.3 is 15.3 Å². The number of amides is 1. The highest BCUT2D eigenvalue weighted by molar-refractivity contribution is 5.99. The number of rotatable bonds is 3. The van der Waals surface area contributed by atoms with E-state index in [9.17, 15) is 9.90 Å². The maximum absolute atomic E-state index is 12.8. The molecule has 1 saturated heterocycles. The molecule has 0 spiro atoms. The molecule has 21 heavy (non-hydrogen) atoms. The predicted octanol–water partition coefficient (Wildman–Crippen LogP) is 1.48. The molecule has 3 rings (SSSR count). The molecular weight excluding hydrogens is 288 g/mol. The van der Waals surface area contributed by atoms with Crippen LogP contribution in [0.3, 0.4) is 0 Å². The Balaban J connectivity index is 0.00000161. The van der Waals surface area contributed by atoms with Crippen LogP contribution in [0.15, 0.2) is 12.1 Å². The maximum atomic E-state index is 12.8. The van der Waals surface area contributed by atoms with Crippen molar-refractivity contribution in [3.05, 3.63) is 34.4 Å². The molecule has 0 saturated carbocycles. The van der Waals surface area contributed by atoms with E-state index in [4.69, 9.17) is 0 Å². The molecule has 2 atom stereocenters. The molecule has 1 aromatic rings. The summed E-state index contributed by atoms with van der Waals surface area (Å²) in [6.07, 6.45) is 0.994. The van der Waals surface area contributed by atoms with Gasteiger partial charge in [0.05, 0.1) is 12.6 Å². The van der Waals surface area contributed by atoms with Crippen molar-refractivity contribution in [3.8, 4) is 0 Å². The van der Waals surface area contributed by atoms with Crippen molar-refractivity contribution in [1.82, 2.24) is 10.2 Å². The molecule has 116 valence electrons. The number of halogens is 1. The van der Waals surface area contributed by atoms with Gasteiger partial charge in [0.1, 0.15) is 0 Å². The van der Waals surface area contributed by atoms with Crippen molar-refractivity contribution in [2.24, 2.45) is 0 Å². The second-order valence-electron chi connectivity index (χ2n) is 5.78. The molecule has 0 bridgehead atoms. The van der Waals surface area contributed by atoms with Crippen LogP contribution in [-0.2, 0) is 6.42 Å². The van der Waals surface area contributed by atoms with Crippen LogP contribution in [-0.4, -0.2) is 48.2 Å². The number of aryl methyl sites for hydroxylation is 2. The maximum Gasteiger partial charge on any atom is 0.254 e. The zero-order valence-corrected chi connectivity index (χ0v) is 13.4. The summed E-state index contributed by atoms with van der Waals surface area (Å²) in [4.78, 5) is 14.6. The minimum absolute atomic E-state index is 0. The van der Waals surface area contributed by atoms with Crippen molar-refractivity contribution in [3.63, 3.8) is 0 Å². The molecule has 1 amide bonds. The van der Waals surface area contributed by atoms with Crippen LogP contribution in [0, 0.1) is 6.92 Å². The number of carbonyl (C=O) groups excluding carboxylic acids is 1. The molecular formula is C16H23ClN2O2. The molecule has 1 fully saturated rings. The number of benzene rings is 1. The van der Waals surface area contributed by atoms with E-state index in [0.717, 1.165) is 30.6 Å². The van der Waals surface area contributed by atoms with E-state index in [1.807, 2.05) is 11.8 Å². The highest BCUT2D eigenvalue weighted by Gasteiger charge is 2.42. The summed E-state index contributed by atoms with van der Waals surface area (Å²) in [6.45, 7) is 6.36. The molecule has 2 aliphatic heterocycles. The average Bonchev–Trinajstić information content (AvgIpc) is 2.92. The Hall–Kier alpha value is -1.10. The molecule has 2 heterocycles. The van der Waals surface area contributed by atoms with Gasteiger partial charge in [-0.05, 0) is 30.0 Å². The molecule has 0 aromatic heterocycles. The molecule has 4 nitrogen and oxygen atoms in total. The van der Waals surface area contributed by atoms with Crippen LogP contribution in [0.1, 0.15) is 39.9 Å². The molecule has 1 aromatic carbocycles. The van der Waals surface area contributed by atoms with E-state index in [0.29, 0.717) is 12.5 Å². The predicted molar refractivity (Wildman–Crippen MR) is 85.3 cm³/mol.